The molecule has 0 saturated carbocycles. The van der Waals surface area contributed by atoms with Crippen LogP contribution in [0.3, 0.4) is 0 Å². The monoisotopic (exact) mass is 348 g/mol. The van der Waals surface area contributed by atoms with Gasteiger partial charge in [-0.3, -0.25) is 9.59 Å². The summed E-state index contributed by atoms with van der Waals surface area (Å²) in [4.78, 5) is 24.8. The number of anilines is 1. The maximum Gasteiger partial charge on any atom is 0.228 e. The molecule has 5 heteroatoms. The predicted molar refractivity (Wildman–Crippen MR) is 99.9 cm³/mol. The van der Waals surface area contributed by atoms with E-state index >= 15 is 0 Å². The van der Waals surface area contributed by atoms with Gasteiger partial charge in [-0.2, -0.15) is 0 Å². The van der Waals surface area contributed by atoms with E-state index in [1.165, 1.54) is 0 Å². The topological polar surface area (TPSA) is 71.3 Å². The van der Waals surface area contributed by atoms with E-state index < -0.39 is 5.92 Å². The summed E-state index contributed by atoms with van der Waals surface area (Å²) in [5.74, 6) is -0.0590. The highest BCUT2D eigenvalue weighted by atomic mass is 16.3. The Kier molecular flexibility index (Phi) is 3.99. The summed E-state index contributed by atoms with van der Waals surface area (Å²) in [6.07, 6.45) is 0.147. The highest BCUT2D eigenvalue weighted by molar-refractivity contribution is 6.01. The molecule has 4 rings (SSSR count). The summed E-state index contributed by atoms with van der Waals surface area (Å²) < 4.78 is 5.95. The highest BCUT2D eigenvalue weighted by Gasteiger charge is 2.31. The van der Waals surface area contributed by atoms with Crippen molar-refractivity contribution in [2.24, 2.45) is 0 Å². The molecule has 2 atom stereocenters. The van der Waals surface area contributed by atoms with Crippen molar-refractivity contribution in [2.75, 3.05) is 5.32 Å². The first-order valence-electron chi connectivity index (χ1n) is 8.72. The lowest BCUT2D eigenvalue weighted by atomic mass is 9.89. The van der Waals surface area contributed by atoms with Crippen molar-refractivity contribution in [2.45, 2.75) is 32.2 Å². The number of furan rings is 1. The van der Waals surface area contributed by atoms with E-state index in [9.17, 15) is 9.59 Å². The normalized spacial score (nSPS) is 17.5. The molecule has 2 N–H and O–H groups in total. The number of para-hydroxylation sites is 2. The largest absolute Gasteiger partial charge is 0.459 e. The Hall–Kier alpha value is -3.08. The maximum absolute atomic E-state index is 12.9. The number of benzene rings is 2. The van der Waals surface area contributed by atoms with Gasteiger partial charge in [-0.05, 0) is 31.5 Å². The van der Waals surface area contributed by atoms with E-state index in [4.69, 9.17) is 4.42 Å². The zero-order valence-corrected chi connectivity index (χ0v) is 14.7. The Labute approximate surface area is 151 Å². The number of hydrogen-bond acceptors (Lipinski definition) is 3. The van der Waals surface area contributed by atoms with E-state index in [-0.39, 0.29) is 24.3 Å². The van der Waals surface area contributed by atoms with Gasteiger partial charge >= 0.3 is 0 Å². The molecule has 0 bridgehead atoms. The molecule has 132 valence electrons. The van der Waals surface area contributed by atoms with Gasteiger partial charge in [-0.25, -0.2) is 0 Å². The summed E-state index contributed by atoms with van der Waals surface area (Å²) in [6.45, 7) is 3.89. The average molecular weight is 348 g/mol. The molecule has 2 aromatic carbocycles. The van der Waals surface area contributed by atoms with Crippen LogP contribution in [0, 0.1) is 6.92 Å². The second kappa shape index (κ2) is 6.33. The van der Waals surface area contributed by atoms with Crippen LogP contribution in [-0.2, 0) is 9.59 Å². The van der Waals surface area contributed by atoms with Crippen LogP contribution in [0.15, 0.2) is 52.9 Å². The van der Waals surface area contributed by atoms with Crippen molar-refractivity contribution >= 4 is 28.5 Å². The third-order valence-electron chi connectivity index (χ3n) is 4.95. The number of hydrogen-bond donors (Lipinski definition) is 2. The molecule has 0 radical (unpaired) electrons. The van der Waals surface area contributed by atoms with Crippen LogP contribution < -0.4 is 10.6 Å². The van der Waals surface area contributed by atoms with Crippen LogP contribution in [0.4, 0.5) is 5.69 Å². The number of aryl methyl sites for hydroxylation is 1. The molecule has 2 amide bonds. The van der Waals surface area contributed by atoms with Gasteiger partial charge < -0.3 is 15.1 Å². The van der Waals surface area contributed by atoms with E-state index in [0.29, 0.717) is 5.69 Å². The lowest BCUT2D eigenvalue weighted by Crippen LogP contribution is -2.36. The fourth-order valence-corrected chi connectivity index (χ4v) is 3.63. The van der Waals surface area contributed by atoms with E-state index in [0.717, 1.165) is 27.9 Å². The summed E-state index contributed by atoms with van der Waals surface area (Å²) in [7, 11) is 0. The third kappa shape index (κ3) is 2.75. The van der Waals surface area contributed by atoms with Gasteiger partial charge in [-0.1, -0.05) is 36.4 Å². The van der Waals surface area contributed by atoms with Crippen molar-refractivity contribution in [3.05, 3.63) is 65.4 Å². The molecular weight excluding hydrogens is 328 g/mol. The molecule has 0 unspecified atom stereocenters. The number of nitrogens with one attached hydrogen (secondary N) is 2. The third-order valence-corrected chi connectivity index (χ3v) is 4.95. The van der Waals surface area contributed by atoms with Crippen LogP contribution in [0.2, 0.25) is 0 Å². The van der Waals surface area contributed by atoms with Gasteiger partial charge in [0.05, 0.1) is 12.0 Å². The lowest BCUT2D eigenvalue weighted by Gasteiger charge is -2.26. The fraction of sp³-hybridized carbons (Fsp3) is 0.238. The molecule has 0 saturated heterocycles. The van der Waals surface area contributed by atoms with Gasteiger partial charge in [0.15, 0.2) is 0 Å². The molecule has 0 fully saturated rings. The van der Waals surface area contributed by atoms with Gasteiger partial charge in [0.2, 0.25) is 11.8 Å². The number of carbonyl (C=O) groups is 2. The molecule has 5 nitrogen and oxygen atoms in total. The van der Waals surface area contributed by atoms with Crippen LogP contribution in [0.5, 0.6) is 0 Å². The Morgan fingerprint density at radius 3 is 2.73 bits per heavy atom. The van der Waals surface area contributed by atoms with Gasteiger partial charge in [0.25, 0.3) is 0 Å². The standard InChI is InChI=1S/C21H20N2O3/c1-12-14-7-4-6-10-18(14)26-20(12)13(2)22-21(25)16-11-19(24)23-17-9-5-3-8-15(16)17/h3-10,13,16H,11H2,1-2H3,(H,22,25)(H,23,24)/t13-,16+/m0/s1. The van der Waals surface area contributed by atoms with Crippen molar-refractivity contribution < 1.29 is 14.0 Å². The van der Waals surface area contributed by atoms with E-state index in [1.54, 1.807) is 0 Å². The van der Waals surface area contributed by atoms with Crippen LogP contribution in [0.25, 0.3) is 11.0 Å². The second-order valence-electron chi connectivity index (χ2n) is 6.71. The van der Waals surface area contributed by atoms with Crippen LogP contribution >= 0.6 is 0 Å². The number of rotatable bonds is 3. The fourth-order valence-electron chi connectivity index (χ4n) is 3.63. The first kappa shape index (κ1) is 16.4. The average Bonchev–Trinajstić information content (AvgIpc) is 2.98. The smallest absolute Gasteiger partial charge is 0.228 e. The molecule has 26 heavy (non-hydrogen) atoms. The Morgan fingerprint density at radius 2 is 1.92 bits per heavy atom. The number of amides is 2. The van der Waals surface area contributed by atoms with E-state index in [2.05, 4.69) is 10.6 Å². The minimum atomic E-state index is -0.493. The molecular formula is C21H20N2O3. The molecule has 0 spiro atoms. The van der Waals surface area contributed by atoms with Crippen molar-refractivity contribution in [1.82, 2.24) is 5.32 Å². The summed E-state index contributed by atoms with van der Waals surface area (Å²) >= 11 is 0. The molecule has 2 heterocycles. The quantitative estimate of drug-likeness (QED) is 0.750. The van der Waals surface area contributed by atoms with Crippen LogP contribution in [-0.4, -0.2) is 11.8 Å². The van der Waals surface area contributed by atoms with E-state index in [1.807, 2.05) is 62.4 Å². The highest BCUT2D eigenvalue weighted by Crippen LogP contribution is 2.34. The van der Waals surface area contributed by atoms with Gasteiger partial charge in [0.1, 0.15) is 11.3 Å². The second-order valence-corrected chi connectivity index (χ2v) is 6.71. The Morgan fingerprint density at radius 1 is 1.19 bits per heavy atom. The number of carbonyl (C=O) groups excluding carboxylic acids is 2. The summed E-state index contributed by atoms with van der Waals surface area (Å²) in [6, 6.07) is 15.0. The minimum Gasteiger partial charge on any atom is -0.459 e. The molecule has 1 aliphatic rings. The first-order valence-corrected chi connectivity index (χ1v) is 8.72. The molecule has 1 aromatic heterocycles. The van der Waals surface area contributed by atoms with Crippen molar-refractivity contribution in [1.29, 1.82) is 0 Å². The molecule has 1 aliphatic heterocycles. The Bertz CT molecular complexity index is 1010. The zero-order valence-electron chi connectivity index (χ0n) is 14.7. The minimum absolute atomic E-state index is 0.142. The maximum atomic E-state index is 12.9. The first-order chi connectivity index (χ1) is 12.5. The predicted octanol–water partition coefficient (Wildman–Crippen LogP) is 4.04. The summed E-state index contributed by atoms with van der Waals surface area (Å²) in [5.41, 5.74) is 3.38. The van der Waals surface area contributed by atoms with Crippen LogP contribution in [0.1, 0.15) is 42.2 Å². The molecule has 0 aliphatic carbocycles. The summed E-state index contributed by atoms with van der Waals surface area (Å²) in [5, 5.41) is 6.88. The van der Waals surface area contributed by atoms with Crippen molar-refractivity contribution in [3.63, 3.8) is 0 Å². The lowest BCUT2D eigenvalue weighted by molar-refractivity contribution is -0.126. The van der Waals surface area contributed by atoms with Gasteiger partial charge in [-0.15, -0.1) is 0 Å². The van der Waals surface area contributed by atoms with Crippen molar-refractivity contribution in [3.8, 4) is 0 Å². The SMILES string of the molecule is Cc1c([C@H](C)NC(=O)[C@@H]2CC(=O)Nc3ccccc32)oc2ccccc12. The molecule has 3 aromatic rings. The number of fused-ring (bicyclic) bond motifs is 2. The van der Waals surface area contributed by atoms with Gasteiger partial charge in [0, 0.05) is 23.1 Å². The zero-order chi connectivity index (χ0) is 18.3. The Balaban J connectivity index is 1.60.